The van der Waals surface area contributed by atoms with Crippen LogP contribution in [0.3, 0.4) is 0 Å². The van der Waals surface area contributed by atoms with E-state index in [0.717, 1.165) is 17.9 Å². The summed E-state index contributed by atoms with van der Waals surface area (Å²) in [7, 11) is 0. The third kappa shape index (κ3) is 2.77. The van der Waals surface area contributed by atoms with Crippen molar-refractivity contribution in [2.24, 2.45) is 11.8 Å². The Labute approximate surface area is 109 Å². The van der Waals surface area contributed by atoms with Crippen LogP contribution in [0.5, 0.6) is 5.75 Å². The first-order valence-electron chi connectivity index (χ1n) is 6.70. The molecule has 0 fully saturated rings. The second kappa shape index (κ2) is 5.17. The Bertz CT molecular complexity index is 417. The SMILES string of the molecule is CC(C)CC1Oc2ccc(F)cc2NC1C(C)C. The van der Waals surface area contributed by atoms with Gasteiger partial charge in [-0.1, -0.05) is 27.7 Å². The van der Waals surface area contributed by atoms with E-state index in [4.69, 9.17) is 4.74 Å². The second-order valence-electron chi connectivity index (χ2n) is 5.84. The summed E-state index contributed by atoms with van der Waals surface area (Å²) < 4.78 is 19.3. The van der Waals surface area contributed by atoms with Crippen molar-refractivity contribution in [3.63, 3.8) is 0 Å². The molecule has 1 aromatic carbocycles. The van der Waals surface area contributed by atoms with Gasteiger partial charge in [-0.3, -0.25) is 0 Å². The van der Waals surface area contributed by atoms with E-state index in [1.165, 1.54) is 12.1 Å². The molecule has 1 heterocycles. The lowest BCUT2D eigenvalue weighted by molar-refractivity contribution is 0.125. The molecule has 0 aromatic heterocycles. The molecule has 1 aliphatic heterocycles. The summed E-state index contributed by atoms with van der Waals surface area (Å²) in [4.78, 5) is 0. The van der Waals surface area contributed by atoms with Gasteiger partial charge in [0, 0.05) is 6.07 Å². The number of ether oxygens (including phenoxy) is 1. The maximum Gasteiger partial charge on any atom is 0.143 e. The number of nitrogens with one attached hydrogen (secondary N) is 1. The smallest absolute Gasteiger partial charge is 0.143 e. The van der Waals surface area contributed by atoms with E-state index in [2.05, 4.69) is 33.0 Å². The molecule has 1 N–H and O–H groups in total. The zero-order valence-electron chi connectivity index (χ0n) is 11.5. The molecule has 100 valence electrons. The number of hydrogen-bond donors (Lipinski definition) is 1. The highest BCUT2D eigenvalue weighted by molar-refractivity contribution is 5.59. The molecule has 0 amide bonds. The predicted molar refractivity (Wildman–Crippen MR) is 72.5 cm³/mol. The Morgan fingerprint density at radius 3 is 2.61 bits per heavy atom. The summed E-state index contributed by atoms with van der Waals surface area (Å²) in [5.74, 6) is 1.57. The first-order chi connectivity index (χ1) is 8.47. The van der Waals surface area contributed by atoms with E-state index in [1.54, 1.807) is 6.07 Å². The lowest BCUT2D eigenvalue weighted by atomic mass is 9.91. The van der Waals surface area contributed by atoms with Crippen LogP contribution >= 0.6 is 0 Å². The van der Waals surface area contributed by atoms with Gasteiger partial charge in [-0.25, -0.2) is 4.39 Å². The Morgan fingerprint density at radius 2 is 2.00 bits per heavy atom. The van der Waals surface area contributed by atoms with Crippen LogP contribution in [0.15, 0.2) is 18.2 Å². The molecule has 2 nitrogen and oxygen atoms in total. The van der Waals surface area contributed by atoms with Crippen LogP contribution in [0.2, 0.25) is 0 Å². The van der Waals surface area contributed by atoms with Crippen LogP contribution < -0.4 is 10.1 Å². The third-order valence-electron chi connectivity index (χ3n) is 3.36. The summed E-state index contributed by atoms with van der Waals surface area (Å²) in [6.07, 6.45) is 1.16. The Hall–Kier alpha value is -1.25. The standard InChI is InChI=1S/C15H22FNO/c1-9(2)7-14-15(10(3)4)17-12-8-11(16)5-6-13(12)18-14/h5-6,8-10,14-15,17H,7H2,1-4H3. The molecule has 0 aliphatic carbocycles. The molecular formula is C15H22FNO. The van der Waals surface area contributed by atoms with E-state index >= 15 is 0 Å². The van der Waals surface area contributed by atoms with E-state index in [0.29, 0.717) is 11.8 Å². The number of anilines is 1. The predicted octanol–water partition coefficient (Wildman–Crippen LogP) is 4.07. The zero-order valence-corrected chi connectivity index (χ0v) is 11.5. The molecule has 2 rings (SSSR count). The highest BCUT2D eigenvalue weighted by Gasteiger charge is 2.32. The lowest BCUT2D eigenvalue weighted by Crippen LogP contribution is -2.45. The van der Waals surface area contributed by atoms with Crippen LogP contribution in [0, 0.1) is 17.7 Å². The van der Waals surface area contributed by atoms with Crippen molar-refractivity contribution in [1.82, 2.24) is 0 Å². The topological polar surface area (TPSA) is 21.3 Å². The summed E-state index contributed by atoms with van der Waals surface area (Å²) in [5, 5.41) is 3.43. The molecule has 3 heteroatoms. The van der Waals surface area contributed by atoms with Gasteiger partial charge in [0.15, 0.2) is 0 Å². The minimum Gasteiger partial charge on any atom is -0.486 e. The molecular weight excluding hydrogens is 229 g/mol. The van der Waals surface area contributed by atoms with Gasteiger partial charge < -0.3 is 10.1 Å². The fourth-order valence-corrected chi connectivity index (χ4v) is 2.48. The summed E-state index contributed by atoms with van der Waals surface area (Å²) in [6, 6.07) is 4.90. The highest BCUT2D eigenvalue weighted by atomic mass is 19.1. The average molecular weight is 251 g/mol. The number of fused-ring (bicyclic) bond motifs is 1. The van der Waals surface area contributed by atoms with Gasteiger partial charge in [-0.2, -0.15) is 0 Å². The number of benzene rings is 1. The van der Waals surface area contributed by atoms with Crippen molar-refractivity contribution in [2.75, 3.05) is 5.32 Å². The monoisotopic (exact) mass is 251 g/mol. The van der Waals surface area contributed by atoms with Crippen LogP contribution in [0.4, 0.5) is 10.1 Å². The van der Waals surface area contributed by atoms with Gasteiger partial charge in [0.2, 0.25) is 0 Å². The Balaban J connectivity index is 2.25. The fourth-order valence-electron chi connectivity index (χ4n) is 2.48. The minimum absolute atomic E-state index is 0.156. The van der Waals surface area contributed by atoms with Crippen LogP contribution in [-0.2, 0) is 0 Å². The van der Waals surface area contributed by atoms with E-state index in [-0.39, 0.29) is 18.0 Å². The Kier molecular flexibility index (Phi) is 3.79. The van der Waals surface area contributed by atoms with E-state index in [9.17, 15) is 4.39 Å². The normalized spacial score (nSPS) is 22.6. The quantitative estimate of drug-likeness (QED) is 0.874. The second-order valence-corrected chi connectivity index (χ2v) is 5.84. The molecule has 0 bridgehead atoms. The van der Waals surface area contributed by atoms with Gasteiger partial charge in [0.25, 0.3) is 0 Å². The van der Waals surface area contributed by atoms with Gasteiger partial charge in [0.1, 0.15) is 17.7 Å². The molecule has 1 aromatic rings. The van der Waals surface area contributed by atoms with Crippen molar-refractivity contribution in [3.05, 3.63) is 24.0 Å². The van der Waals surface area contributed by atoms with Gasteiger partial charge >= 0.3 is 0 Å². The fraction of sp³-hybridized carbons (Fsp3) is 0.600. The molecule has 0 saturated heterocycles. The maximum atomic E-state index is 13.2. The third-order valence-corrected chi connectivity index (χ3v) is 3.36. The lowest BCUT2D eigenvalue weighted by Gasteiger charge is -2.38. The zero-order chi connectivity index (χ0) is 13.3. The van der Waals surface area contributed by atoms with E-state index in [1.807, 2.05) is 0 Å². The molecule has 18 heavy (non-hydrogen) atoms. The molecule has 0 spiro atoms. The number of hydrogen-bond acceptors (Lipinski definition) is 2. The van der Waals surface area contributed by atoms with Crippen LogP contribution in [-0.4, -0.2) is 12.1 Å². The molecule has 2 unspecified atom stereocenters. The molecule has 2 atom stereocenters. The number of halogens is 1. The molecule has 0 radical (unpaired) electrons. The van der Waals surface area contributed by atoms with Gasteiger partial charge in [-0.05, 0) is 30.4 Å². The minimum atomic E-state index is -0.227. The van der Waals surface area contributed by atoms with Gasteiger partial charge in [-0.15, -0.1) is 0 Å². The molecule has 1 aliphatic rings. The first-order valence-corrected chi connectivity index (χ1v) is 6.70. The van der Waals surface area contributed by atoms with Crippen LogP contribution in [0.1, 0.15) is 34.1 Å². The van der Waals surface area contributed by atoms with E-state index < -0.39 is 0 Å². The van der Waals surface area contributed by atoms with Crippen molar-refractivity contribution in [1.29, 1.82) is 0 Å². The highest BCUT2D eigenvalue weighted by Crippen LogP contribution is 2.35. The van der Waals surface area contributed by atoms with Crippen molar-refractivity contribution >= 4 is 5.69 Å². The van der Waals surface area contributed by atoms with Crippen LogP contribution in [0.25, 0.3) is 0 Å². The number of rotatable bonds is 3. The van der Waals surface area contributed by atoms with Crippen molar-refractivity contribution in [2.45, 2.75) is 46.3 Å². The average Bonchev–Trinajstić information content (AvgIpc) is 2.27. The van der Waals surface area contributed by atoms with Crippen molar-refractivity contribution in [3.8, 4) is 5.75 Å². The largest absolute Gasteiger partial charge is 0.486 e. The Morgan fingerprint density at radius 1 is 1.28 bits per heavy atom. The first kappa shape index (κ1) is 13.2. The summed E-state index contributed by atoms with van der Waals surface area (Å²) in [6.45, 7) is 8.72. The molecule has 0 saturated carbocycles. The van der Waals surface area contributed by atoms with Crippen molar-refractivity contribution < 1.29 is 9.13 Å². The maximum absolute atomic E-state index is 13.2. The summed E-state index contributed by atoms with van der Waals surface area (Å²) >= 11 is 0. The summed E-state index contributed by atoms with van der Waals surface area (Å²) in [5.41, 5.74) is 0.772. The van der Waals surface area contributed by atoms with Gasteiger partial charge in [0.05, 0.1) is 11.7 Å².